The summed E-state index contributed by atoms with van der Waals surface area (Å²) in [6.07, 6.45) is -1.53. The summed E-state index contributed by atoms with van der Waals surface area (Å²) in [7, 11) is 0. The number of carbonyl (C=O) groups is 2. The van der Waals surface area contributed by atoms with Crippen LogP contribution in [0.15, 0.2) is 24.3 Å². The molecule has 0 unspecified atom stereocenters. The highest BCUT2D eigenvalue weighted by atomic mass is 16.6. The SMILES string of the molecule is Cc1cccc(CN(C(=N)NC(=O)OC(C)(C)C)C(=O)OC(C)(C)C)c1. The van der Waals surface area contributed by atoms with Gasteiger partial charge in [0.15, 0.2) is 0 Å². The molecule has 0 radical (unpaired) electrons. The molecule has 0 aliphatic carbocycles. The first-order valence-electron chi connectivity index (χ1n) is 8.41. The van der Waals surface area contributed by atoms with Gasteiger partial charge in [-0.1, -0.05) is 29.8 Å². The van der Waals surface area contributed by atoms with Crippen molar-refractivity contribution in [2.24, 2.45) is 0 Å². The van der Waals surface area contributed by atoms with Crippen molar-refractivity contribution in [3.05, 3.63) is 35.4 Å². The number of aryl methyl sites for hydroxylation is 1. The second-order valence-corrected chi connectivity index (χ2v) is 8.03. The van der Waals surface area contributed by atoms with E-state index in [1.807, 2.05) is 31.2 Å². The first-order valence-corrected chi connectivity index (χ1v) is 8.41. The minimum atomic E-state index is -0.805. The van der Waals surface area contributed by atoms with E-state index in [-0.39, 0.29) is 6.54 Å². The zero-order valence-electron chi connectivity index (χ0n) is 16.6. The molecule has 2 amide bonds. The molecule has 0 aromatic heterocycles. The van der Waals surface area contributed by atoms with Crippen LogP contribution in [0.2, 0.25) is 0 Å². The molecular weight excluding hydrogens is 334 g/mol. The van der Waals surface area contributed by atoms with E-state index in [1.165, 1.54) is 0 Å². The highest BCUT2D eigenvalue weighted by molar-refractivity contribution is 5.99. The van der Waals surface area contributed by atoms with Gasteiger partial charge in [-0.3, -0.25) is 10.7 Å². The van der Waals surface area contributed by atoms with E-state index >= 15 is 0 Å². The Kier molecular flexibility index (Phi) is 6.78. The average molecular weight is 363 g/mol. The third-order valence-corrected chi connectivity index (χ3v) is 2.93. The van der Waals surface area contributed by atoms with Crippen LogP contribution in [0.1, 0.15) is 52.7 Å². The normalized spacial score (nSPS) is 11.5. The van der Waals surface area contributed by atoms with Gasteiger partial charge in [0.2, 0.25) is 5.96 Å². The molecule has 26 heavy (non-hydrogen) atoms. The third-order valence-electron chi connectivity index (χ3n) is 2.93. The largest absolute Gasteiger partial charge is 0.444 e. The van der Waals surface area contributed by atoms with Crippen molar-refractivity contribution in [3.8, 4) is 0 Å². The van der Waals surface area contributed by atoms with Crippen LogP contribution in [-0.2, 0) is 16.0 Å². The predicted octanol–water partition coefficient (Wildman–Crippen LogP) is 4.19. The zero-order valence-corrected chi connectivity index (χ0v) is 16.6. The van der Waals surface area contributed by atoms with E-state index in [0.717, 1.165) is 16.0 Å². The van der Waals surface area contributed by atoms with E-state index in [9.17, 15) is 9.59 Å². The van der Waals surface area contributed by atoms with Gasteiger partial charge in [-0.25, -0.2) is 14.5 Å². The fraction of sp³-hybridized carbons (Fsp3) is 0.526. The Morgan fingerprint density at radius 1 is 1.08 bits per heavy atom. The Labute approximate surface area is 155 Å². The minimum Gasteiger partial charge on any atom is -0.444 e. The van der Waals surface area contributed by atoms with Gasteiger partial charge in [0.25, 0.3) is 0 Å². The van der Waals surface area contributed by atoms with E-state index in [1.54, 1.807) is 41.5 Å². The number of nitrogens with zero attached hydrogens (tertiary/aromatic N) is 1. The monoisotopic (exact) mass is 363 g/mol. The topological polar surface area (TPSA) is 91.7 Å². The van der Waals surface area contributed by atoms with Crippen LogP contribution in [0.3, 0.4) is 0 Å². The second-order valence-electron chi connectivity index (χ2n) is 8.03. The zero-order chi connectivity index (χ0) is 20.1. The molecule has 0 aliphatic heterocycles. The average Bonchev–Trinajstić information content (AvgIpc) is 2.40. The number of carbonyl (C=O) groups excluding carboxylic acids is 2. The van der Waals surface area contributed by atoms with Crippen molar-refractivity contribution in [3.63, 3.8) is 0 Å². The predicted molar refractivity (Wildman–Crippen MR) is 100 cm³/mol. The summed E-state index contributed by atoms with van der Waals surface area (Å²) in [4.78, 5) is 25.5. The van der Waals surface area contributed by atoms with Gasteiger partial charge in [0.05, 0.1) is 6.54 Å². The molecule has 0 bridgehead atoms. The van der Waals surface area contributed by atoms with Crippen molar-refractivity contribution >= 4 is 18.1 Å². The Hall–Kier alpha value is -2.57. The van der Waals surface area contributed by atoms with Crippen molar-refractivity contribution in [1.82, 2.24) is 10.2 Å². The lowest BCUT2D eigenvalue weighted by atomic mass is 10.1. The molecule has 1 aromatic rings. The molecule has 1 rings (SSSR count). The Morgan fingerprint density at radius 2 is 1.65 bits per heavy atom. The lowest BCUT2D eigenvalue weighted by Gasteiger charge is -2.28. The summed E-state index contributed by atoms with van der Waals surface area (Å²) in [5.74, 6) is -0.407. The number of ether oxygens (including phenoxy) is 2. The molecule has 0 fully saturated rings. The molecule has 0 heterocycles. The molecule has 144 valence electrons. The van der Waals surface area contributed by atoms with Crippen molar-refractivity contribution < 1.29 is 19.1 Å². The van der Waals surface area contributed by atoms with E-state index in [4.69, 9.17) is 14.9 Å². The highest BCUT2D eigenvalue weighted by Crippen LogP contribution is 2.14. The minimum absolute atomic E-state index is 0.0885. The summed E-state index contributed by atoms with van der Waals surface area (Å²) in [5.41, 5.74) is 0.399. The van der Waals surface area contributed by atoms with Crippen molar-refractivity contribution in [1.29, 1.82) is 5.41 Å². The number of hydrogen-bond donors (Lipinski definition) is 2. The summed E-state index contributed by atoms with van der Waals surface area (Å²) in [6.45, 7) is 12.4. The van der Waals surface area contributed by atoms with Gasteiger partial charge < -0.3 is 9.47 Å². The van der Waals surface area contributed by atoms with E-state index in [0.29, 0.717) is 0 Å². The van der Waals surface area contributed by atoms with Crippen LogP contribution in [-0.4, -0.2) is 34.2 Å². The molecule has 0 aliphatic rings. The summed E-state index contributed by atoms with van der Waals surface area (Å²) >= 11 is 0. The van der Waals surface area contributed by atoms with E-state index in [2.05, 4.69) is 5.32 Å². The fourth-order valence-corrected chi connectivity index (χ4v) is 2.01. The molecule has 7 heteroatoms. The number of amides is 2. The number of alkyl carbamates (subject to hydrolysis) is 1. The van der Waals surface area contributed by atoms with Crippen LogP contribution < -0.4 is 5.32 Å². The molecule has 0 spiro atoms. The maximum absolute atomic E-state index is 12.5. The van der Waals surface area contributed by atoms with Gasteiger partial charge in [-0.15, -0.1) is 0 Å². The quantitative estimate of drug-likeness (QED) is 0.609. The number of nitrogens with one attached hydrogen (secondary N) is 2. The van der Waals surface area contributed by atoms with Crippen molar-refractivity contribution in [2.45, 2.75) is 66.2 Å². The van der Waals surface area contributed by atoms with Crippen LogP contribution in [0.25, 0.3) is 0 Å². The Balaban J connectivity index is 2.97. The Bertz CT molecular complexity index is 672. The third kappa shape index (κ3) is 8.00. The first kappa shape index (κ1) is 21.5. The maximum Gasteiger partial charge on any atom is 0.417 e. The summed E-state index contributed by atoms with van der Waals surface area (Å²) in [5, 5.41) is 10.4. The standard InChI is InChI=1S/C19H29N3O4/c1-13-9-8-10-14(11-13)12-22(17(24)26-19(5,6)7)15(20)21-16(23)25-18(2,3)4/h8-11H,12H2,1-7H3,(H2,20,21,23). The van der Waals surface area contributed by atoms with Gasteiger partial charge >= 0.3 is 12.2 Å². The first-order chi connectivity index (χ1) is 11.8. The summed E-state index contributed by atoms with van der Waals surface area (Å²) in [6, 6.07) is 7.54. The van der Waals surface area contributed by atoms with Crippen LogP contribution in [0.4, 0.5) is 9.59 Å². The number of rotatable bonds is 2. The smallest absolute Gasteiger partial charge is 0.417 e. The molecule has 0 saturated carbocycles. The Morgan fingerprint density at radius 3 is 2.15 bits per heavy atom. The van der Waals surface area contributed by atoms with Gasteiger partial charge in [0.1, 0.15) is 11.2 Å². The molecule has 1 aromatic carbocycles. The van der Waals surface area contributed by atoms with Gasteiger partial charge in [0, 0.05) is 0 Å². The van der Waals surface area contributed by atoms with Crippen LogP contribution >= 0.6 is 0 Å². The molecular formula is C19H29N3O4. The lowest BCUT2D eigenvalue weighted by Crippen LogP contribution is -2.49. The second kappa shape index (κ2) is 8.21. The highest BCUT2D eigenvalue weighted by Gasteiger charge is 2.27. The van der Waals surface area contributed by atoms with Crippen LogP contribution in [0.5, 0.6) is 0 Å². The number of hydrogen-bond acceptors (Lipinski definition) is 5. The molecule has 0 atom stereocenters. The molecule has 7 nitrogen and oxygen atoms in total. The van der Waals surface area contributed by atoms with Crippen molar-refractivity contribution in [2.75, 3.05) is 0 Å². The molecule has 2 N–H and O–H groups in total. The number of guanidine groups is 1. The van der Waals surface area contributed by atoms with E-state index < -0.39 is 29.3 Å². The molecule has 0 saturated heterocycles. The number of benzene rings is 1. The fourth-order valence-electron chi connectivity index (χ4n) is 2.01. The lowest BCUT2D eigenvalue weighted by molar-refractivity contribution is 0.0346. The van der Waals surface area contributed by atoms with Gasteiger partial charge in [-0.2, -0.15) is 0 Å². The van der Waals surface area contributed by atoms with Gasteiger partial charge in [-0.05, 0) is 54.0 Å². The maximum atomic E-state index is 12.5. The summed E-state index contributed by atoms with van der Waals surface area (Å²) < 4.78 is 10.5. The van der Waals surface area contributed by atoms with Crippen LogP contribution in [0, 0.1) is 12.3 Å².